The second kappa shape index (κ2) is 7.56. The van der Waals surface area contributed by atoms with E-state index in [9.17, 15) is 0 Å². The van der Waals surface area contributed by atoms with E-state index in [1.54, 1.807) is 11.2 Å². The van der Waals surface area contributed by atoms with Crippen molar-refractivity contribution in [1.82, 2.24) is 5.01 Å². The fourth-order valence-corrected chi connectivity index (χ4v) is 1.96. The Kier molecular flexibility index (Phi) is 5.49. The van der Waals surface area contributed by atoms with Gasteiger partial charge in [-0.05, 0) is 42.0 Å². The molecule has 4 nitrogen and oxygen atoms in total. The highest BCUT2D eigenvalue weighted by Crippen LogP contribution is 2.11. The van der Waals surface area contributed by atoms with E-state index in [0.29, 0.717) is 5.11 Å². The van der Waals surface area contributed by atoms with E-state index in [1.165, 1.54) is 0 Å². The Morgan fingerprint density at radius 3 is 2.23 bits per heavy atom. The van der Waals surface area contributed by atoms with E-state index in [2.05, 4.69) is 27.5 Å². The molecule has 5 heteroatoms. The summed E-state index contributed by atoms with van der Waals surface area (Å²) in [6.45, 7) is 0. The number of para-hydroxylation sites is 1. The number of hydrogen-bond acceptors (Lipinski definition) is 3. The Morgan fingerprint density at radius 2 is 1.64 bits per heavy atom. The molecule has 0 spiro atoms. The molecule has 0 heterocycles. The summed E-state index contributed by atoms with van der Waals surface area (Å²) >= 11 is 5.32. The van der Waals surface area contributed by atoms with E-state index in [4.69, 9.17) is 12.2 Å². The molecule has 0 unspecified atom stereocenters. The Labute approximate surface area is 137 Å². The average molecular weight is 312 g/mol. The zero-order valence-electron chi connectivity index (χ0n) is 13.0. The lowest BCUT2D eigenvalue weighted by molar-refractivity contribution is 0.557. The van der Waals surface area contributed by atoms with Gasteiger partial charge in [-0.2, -0.15) is 5.10 Å². The standard InChI is InChI=1S/C17H20N4S/c1-20(2)16-11-9-14(10-12-16)13-18-21(3)17(22)19-15-7-5-4-6-8-15/h4-13H,1-3H3,(H,19,22)/b18-13+. The molecule has 0 atom stereocenters. The van der Waals surface area contributed by atoms with Gasteiger partial charge >= 0.3 is 0 Å². The number of anilines is 2. The maximum atomic E-state index is 5.32. The molecule has 0 bridgehead atoms. The van der Waals surface area contributed by atoms with Crippen LogP contribution in [0.4, 0.5) is 11.4 Å². The first-order chi connectivity index (χ1) is 10.6. The summed E-state index contributed by atoms with van der Waals surface area (Å²) in [5.41, 5.74) is 3.14. The molecule has 0 fully saturated rings. The first-order valence-electron chi connectivity index (χ1n) is 6.97. The summed E-state index contributed by atoms with van der Waals surface area (Å²) in [5, 5.41) is 9.68. The van der Waals surface area contributed by atoms with Gasteiger partial charge in [-0.1, -0.05) is 30.3 Å². The summed E-state index contributed by atoms with van der Waals surface area (Å²) < 4.78 is 0. The lowest BCUT2D eigenvalue weighted by Crippen LogP contribution is -2.26. The summed E-state index contributed by atoms with van der Waals surface area (Å²) in [7, 11) is 5.86. The van der Waals surface area contributed by atoms with Crippen molar-refractivity contribution in [3.63, 3.8) is 0 Å². The van der Waals surface area contributed by atoms with Gasteiger partial charge in [-0.15, -0.1) is 0 Å². The lowest BCUT2D eigenvalue weighted by Gasteiger charge is -2.15. The van der Waals surface area contributed by atoms with Crippen LogP contribution in [-0.2, 0) is 0 Å². The number of nitrogens with one attached hydrogen (secondary N) is 1. The summed E-state index contributed by atoms with van der Waals surface area (Å²) in [5.74, 6) is 0. The second-order valence-electron chi connectivity index (χ2n) is 5.05. The van der Waals surface area contributed by atoms with E-state index in [0.717, 1.165) is 16.9 Å². The average Bonchev–Trinajstić information content (AvgIpc) is 2.53. The van der Waals surface area contributed by atoms with Crippen LogP contribution in [0.5, 0.6) is 0 Å². The van der Waals surface area contributed by atoms with Crippen molar-refractivity contribution in [2.75, 3.05) is 31.4 Å². The molecule has 0 saturated carbocycles. The third-order valence-electron chi connectivity index (χ3n) is 3.11. The van der Waals surface area contributed by atoms with Crippen LogP contribution in [0.3, 0.4) is 0 Å². The smallest absolute Gasteiger partial charge is 0.193 e. The van der Waals surface area contributed by atoms with Crippen LogP contribution < -0.4 is 10.2 Å². The van der Waals surface area contributed by atoms with Crippen LogP contribution in [-0.4, -0.2) is 37.5 Å². The molecule has 0 aliphatic rings. The Balaban J connectivity index is 1.95. The van der Waals surface area contributed by atoms with E-state index < -0.39 is 0 Å². The van der Waals surface area contributed by atoms with Crippen LogP contribution in [0.1, 0.15) is 5.56 Å². The van der Waals surface area contributed by atoms with Crippen LogP contribution in [0.25, 0.3) is 0 Å². The minimum Gasteiger partial charge on any atom is -0.378 e. The molecule has 0 saturated heterocycles. The van der Waals surface area contributed by atoms with Gasteiger partial charge < -0.3 is 10.2 Å². The maximum Gasteiger partial charge on any atom is 0.193 e. The SMILES string of the molecule is CN(/N=C/c1ccc(N(C)C)cc1)C(=S)Nc1ccccc1. The molecule has 2 rings (SSSR count). The number of rotatable bonds is 4. The van der Waals surface area contributed by atoms with E-state index >= 15 is 0 Å². The van der Waals surface area contributed by atoms with Gasteiger partial charge in [0.15, 0.2) is 5.11 Å². The summed E-state index contributed by atoms with van der Waals surface area (Å²) in [6.07, 6.45) is 1.79. The van der Waals surface area contributed by atoms with Crippen molar-refractivity contribution in [2.45, 2.75) is 0 Å². The van der Waals surface area contributed by atoms with Crippen molar-refractivity contribution in [3.05, 3.63) is 60.2 Å². The van der Waals surface area contributed by atoms with E-state index in [1.807, 2.05) is 63.6 Å². The molecular weight excluding hydrogens is 292 g/mol. The lowest BCUT2D eigenvalue weighted by atomic mass is 10.2. The quantitative estimate of drug-likeness (QED) is 0.532. The highest BCUT2D eigenvalue weighted by Gasteiger charge is 2.02. The molecule has 0 amide bonds. The molecule has 0 radical (unpaired) electrons. The topological polar surface area (TPSA) is 30.9 Å². The number of hydrazone groups is 1. The van der Waals surface area contributed by atoms with Gasteiger partial charge in [0.1, 0.15) is 0 Å². The van der Waals surface area contributed by atoms with Crippen LogP contribution in [0.2, 0.25) is 0 Å². The monoisotopic (exact) mass is 312 g/mol. The minimum atomic E-state index is 0.548. The first-order valence-corrected chi connectivity index (χ1v) is 7.38. The predicted molar refractivity (Wildman–Crippen MR) is 98.8 cm³/mol. The number of hydrogen-bond donors (Lipinski definition) is 1. The molecular formula is C17H20N4S. The summed E-state index contributed by atoms with van der Waals surface area (Å²) in [4.78, 5) is 2.06. The molecule has 2 aromatic carbocycles. The normalized spacial score (nSPS) is 10.5. The Hall–Kier alpha value is -2.40. The van der Waals surface area contributed by atoms with Crippen molar-refractivity contribution in [3.8, 4) is 0 Å². The third kappa shape index (κ3) is 4.56. The molecule has 1 N–H and O–H groups in total. The van der Waals surface area contributed by atoms with Gasteiger partial charge in [0.25, 0.3) is 0 Å². The fourth-order valence-electron chi connectivity index (χ4n) is 1.79. The van der Waals surface area contributed by atoms with Gasteiger partial charge in [0.05, 0.1) is 6.21 Å². The fraction of sp³-hybridized carbons (Fsp3) is 0.176. The van der Waals surface area contributed by atoms with Crippen LogP contribution >= 0.6 is 12.2 Å². The van der Waals surface area contributed by atoms with Crippen molar-refractivity contribution >= 4 is 34.9 Å². The van der Waals surface area contributed by atoms with Crippen molar-refractivity contribution in [2.24, 2.45) is 5.10 Å². The Morgan fingerprint density at radius 1 is 1.00 bits per heavy atom. The van der Waals surface area contributed by atoms with Crippen molar-refractivity contribution < 1.29 is 0 Å². The maximum absolute atomic E-state index is 5.32. The molecule has 0 aliphatic heterocycles. The predicted octanol–water partition coefficient (Wildman–Crippen LogP) is 3.42. The zero-order valence-corrected chi connectivity index (χ0v) is 13.8. The third-order valence-corrected chi connectivity index (χ3v) is 3.47. The van der Waals surface area contributed by atoms with Gasteiger partial charge in [0.2, 0.25) is 0 Å². The molecule has 22 heavy (non-hydrogen) atoms. The highest BCUT2D eigenvalue weighted by molar-refractivity contribution is 7.80. The zero-order chi connectivity index (χ0) is 15.9. The van der Waals surface area contributed by atoms with Gasteiger partial charge in [-0.25, -0.2) is 5.01 Å². The Bertz CT molecular complexity index is 635. The molecule has 2 aromatic rings. The number of nitrogens with zero attached hydrogens (tertiary/aromatic N) is 3. The van der Waals surface area contributed by atoms with Crippen LogP contribution in [0.15, 0.2) is 59.7 Å². The first kappa shape index (κ1) is 16.0. The van der Waals surface area contributed by atoms with Crippen molar-refractivity contribution in [1.29, 1.82) is 0 Å². The van der Waals surface area contributed by atoms with Gasteiger partial charge in [0, 0.05) is 32.5 Å². The number of benzene rings is 2. The number of thiocarbonyl (C=S) groups is 1. The highest BCUT2D eigenvalue weighted by atomic mass is 32.1. The second-order valence-corrected chi connectivity index (χ2v) is 5.44. The largest absolute Gasteiger partial charge is 0.378 e. The molecule has 114 valence electrons. The van der Waals surface area contributed by atoms with Crippen LogP contribution in [0, 0.1) is 0 Å². The van der Waals surface area contributed by atoms with E-state index in [-0.39, 0.29) is 0 Å². The molecule has 0 aliphatic carbocycles. The minimum absolute atomic E-state index is 0.548. The summed E-state index contributed by atoms with van der Waals surface area (Å²) in [6, 6.07) is 18.0. The van der Waals surface area contributed by atoms with Gasteiger partial charge in [-0.3, -0.25) is 0 Å². The molecule has 0 aromatic heterocycles.